The van der Waals surface area contributed by atoms with Crippen LogP contribution in [0.4, 0.5) is 11.4 Å². The first-order chi connectivity index (χ1) is 18.2. The Morgan fingerprint density at radius 2 is 1.86 bits per heavy atom. The fraction of sp³-hybridized carbons (Fsp3) is 0.321. The van der Waals surface area contributed by atoms with Crippen molar-refractivity contribution >= 4 is 39.2 Å². The van der Waals surface area contributed by atoms with Crippen LogP contribution in [0.1, 0.15) is 45.4 Å². The predicted octanol–water partition coefficient (Wildman–Crippen LogP) is 5.68. The number of unbranched alkanes of at least 4 members (excludes halogenated alkanes) is 1. The topological polar surface area (TPSA) is 115 Å². The molecule has 6 rings (SSSR count). The quantitative estimate of drug-likeness (QED) is 0.268. The van der Waals surface area contributed by atoms with Gasteiger partial charge < -0.3 is 15.2 Å². The Hall–Kier alpha value is -4.27. The van der Waals surface area contributed by atoms with Crippen LogP contribution in [0.3, 0.4) is 0 Å². The molecule has 0 bridgehead atoms. The summed E-state index contributed by atoms with van der Waals surface area (Å²) in [6.45, 7) is 4.14. The van der Waals surface area contributed by atoms with Crippen LogP contribution < -0.4 is 10.2 Å². The monoisotopic (exact) mass is 494 g/mol. The number of nitrogens with zero attached hydrogens (tertiary/aromatic N) is 5. The second kappa shape index (κ2) is 10.0. The number of aromatic amines is 2. The second-order valence-electron chi connectivity index (χ2n) is 9.63. The number of anilines is 2. The molecule has 0 aliphatic carbocycles. The molecule has 1 saturated heterocycles. The lowest BCUT2D eigenvalue weighted by Crippen LogP contribution is -2.29. The van der Waals surface area contributed by atoms with Crippen LogP contribution in [-0.4, -0.2) is 49.1 Å². The number of hydrogen-bond acceptors (Lipinski definition) is 6. The van der Waals surface area contributed by atoms with Gasteiger partial charge in [0.25, 0.3) is 0 Å². The molecule has 9 heteroatoms. The average Bonchev–Trinajstić information content (AvgIpc) is 3.56. The highest BCUT2D eigenvalue weighted by molar-refractivity contribution is 5.97. The fourth-order valence-electron chi connectivity index (χ4n) is 5.00. The zero-order valence-corrected chi connectivity index (χ0v) is 20.9. The van der Waals surface area contributed by atoms with E-state index in [1.807, 2.05) is 30.6 Å². The molecule has 37 heavy (non-hydrogen) atoms. The summed E-state index contributed by atoms with van der Waals surface area (Å²) < 4.78 is 0. The van der Waals surface area contributed by atoms with Crippen LogP contribution in [0.2, 0.25) is 0 Å². The lowest BCUT2D eigenvalue weighted by molar-refractivity contribution is -0.116. The molecule has 0 unspecified atom stereocenters. The summed E-state index contributed by atoms with van der Waals surface area (Å²) in [7, 11) is 0. The Labute approximate surface area is 214 Å². The van der Waals surface area contributed by atoms with Gasteiger partial charge in [-0.2, -0.15) is 5.10 Å². The van der Waals surface area contributed by atoms with Gasteiger partial charge in [-0.05, 0) is 49.4 Å². The number of nitrogens with one attached hydrogen (secondary N) is 3. The molecule has 5 aromatic rings. The van der Waals surface area contributed by atoms with Crippen LogP contribution in [0, 0.1) is 0 Å². The number of aromatic nitrogens is 6. The van der Waals surface area contributed by atoms with E-state index in [0.717, 1.165) is 70.4 Å². The maximum Gasteiger partial charge on any atom is 0.224 e. The summed E-state index contributed by atoms with van der Waals surface area (Å²) in [4.78, 5) is 31.8. The number of carbonyl (C=O) groups excluding carboxylic acids is 1. The smallest absolute Gasteiger partial charge is 0.224 e. The number of carbonyl (C=O) groups is 1. The normalized spacial score (nSPS) is 13.9. The Bertz CT molecular complexity index is 1560. The highest BCUT2D eigenvalue weighted by atomic mass is 16.1. The van der Waals surface area contributed by atoms with E-state index >= 15 is 0 Å². The summed E-state index contributed by atoms with van der Waals surface area (Å²) in [6.07, 6.45) is 13.3. The number of rotatable bonds is 7. The van der Waals surface area contributed by atoms with Gasteiger partial charge in [-0.25, -0.2) is 4.98 Å². The Morgan fingerprint density at radius 1 is 1.00 bits per heavy atom. The molecule has 188 valence electrons. The zero-order valence-electron chi connectivity index (χ0n) is 20.9. The molecule has 1 fully saturated rings. The van der Waals surface area contributed by atoms with Crippen molar-refractivity contribution in [3.8, 4) is 22.6 Å². The van der Waals surface area contributed by atoms with Crippen molar-refractivity contribution in [2.75, 3.05) is 23.3 Å². The van der Waals surface area contributed by atoms with Gasteiger partial charge in [0.1, 0.15) is 11.2 Å². The number of amides is 1. The van der Waals surface area contributed by atoms with E-state index in [2.05, 4.69) is 48.4 Å². The molecule has 1 aliphatic rings. The van der Waals surface area contributed by atoms with Gasteiger partial charge >= 0.3 is 0 Å². The summed E-state index contributed by atoms with van der Waals surface area (Å²) >= 11 is 0. The first-order valence-corrected chi connectivity index (χ1v) is 13.0. The molecule has 1 amide bonds. The van der Waals surface area contributed by atoms with Gasteiger partial charge in [-0.3, -0.25) is 19.9 Å². The third-order valence-corrected chi connectivity index (χ3v) is 6.97. The van der Waals surface area contributed by atoms with Crippen LogP contribution in [-0.2, 0) is 4.79 Å². The van der Waals surface area contributed by atoms with E-state index in [9.17, 15) is 4.79 Å². The van der Waals surface area contributed by atoms with Crippen molar-refractivity contribution in [1.82, 2.24) is 30.1 Å². The summed E-state index contributed by atoms with van der Waals surface area (Å²) in [5.41, 5.74) is 7.18. The maximum atomic E-state index is 12.2. The predicted molar refractivity (Wildman–Crippen MR) is 146 cm³/mol. The van der Waals surface area contributed by atoms with Crippen molar-refractivity contribution in [3.05, 3.63) is 49.1 Å². The van der Waals surface area contributed by atoms with Crippen molar-refractivity contribution in [2.45, 2.75) is 45.4 Å². The number of benzene rings is 1. The van der Waals surface area contributed by atoms with Crippen LogP contribution in [0.25, 0.3) is 44.6 Å². The molecule has 0 spiro atoms. The largest absolute Gasteiger partial charge is 0.368 e. The number of fused-ring (bicyclic) bond motifs is 2. The van der Waals surface area contributed by atoms with Crippen molar-refractivity contribution in [2.24, 2.45) is 0 Å². The average molecular weight is 495 g/mol. The third-order valence-electron chi connectivity index (χ3n) is 6.97. The molecule has 0 saturated carbocycles. The number of imidazole rings is 1. The van der Waals surface area contributed by atoms with Crippen molar-refractivity contribution in [3.63, 3.8) is 0 Å². The molecule has 0 radical (unpaired) electrons. The lowest BCUT2D eigenvalue weighted by atomic mass is 10.0. The van der Waals surface area contributed by atoms with E-state index < -0.39 is 0 Å². The van der Waals surface area contributed by atoms with Gasteiger partial charge in [0, 0.05) is 36.7 Å². The van der Waals surface area contributed by atoms with E-state index in [-0.39, 0.29) is 5.91 Å². The van der Waals surface area contributed by atoms with Gasteiger partial charge in [-0.1, -0.05) is 19.4 Å². The van der Waals surface area contributed by atoms with E-state index in [1.54, 1.807) is 12.4 Å². The molecule has 5 heterocycles. The zero-order chi connectivity index (χ0) is 25.2. The lowest BCUT2D eigenvalue weighted by Gasteiger charge is -2.28. The number of piperidine rings is 1. The number of H-pyrrole nitrogens is 2. The molecular formula is C28H30N8O. The van der Waals surface area contributed by atoms with Crippen molar-refractivity contribution < 1.29 is 4.79 Å². The molecule has 1 aliphatic heterocycles. The molecule has 4 aromatic heterocycles. The Balaban J connectivity index is 1.34. The molecular weight excluding hydrogens is 464 g/mol. The molecule has 1 aromatic carbocycles. The minimum atomic E-state index is 0.0108. The first kappa shape index (κ1) is 23.1. The van der Waals surface area contributed by atoms with Gasteiger partial charge in [-0.15, -0.1) is 0 Å². The first-order valence-electron chi connectivity index (χ1n) is 13.0. The maximum absolute atomic E-state index is 12.2. The molecule has 0 atom stereocenters. The van der Waals surface area contributed by atoms with E-state index in [0.29, 0.717) is 17.9 Å². The van der Waals surface area contributed by atoms with E-state index in [1.165, 1.54) is 19.3 Å². The number of hydrogen-bond donors (Lipinski definition) is 3. The van der Waals surface area contributed by atoms with Crippen molar-refractivity contribution in [1.29, 1.82) is 0 Å². The third kappa shape index (κ3) is 4.64. The minimum Gasteiger partial charge on any atom is -0.368 e. The summed E-state index contributed by atoms with van der Waals surface area (Å²) in [5.74, 6) is 0.719. The summed E-state index contributed by atoms with van der Waals surface area (Å²) in [5, 5.41) is 11.7. The Morgan fingerprint density at radius 3 is 2.73 bits per heavy atom. The fourth-order valence-corrected chi connectivity index (χ4v) is 5.00. The second-order valence-corrected chi connectivity index (χ2v) is 9.63. The molecule has 3 N–H and O–H groups in total. The van der Waals surface area contributed by atoms with Gasteiger partial charge in [0.15, 0.2) is 5.82 Å². The van der Waals surface area contributed by atoms with Crippen LogP contribution in [0.5, 0.6) is 0 Å². The van der Waals surface area contributed by atoms with E-state index in [4.69, 9.17) is 4.98 Å². The van der Waals surface area contributed by atoms with Gasteiger partial charge in [0.05, 0.1) is 41.0 Å². The highest BCUT2D eigenvalue weighted by Gasteiger charge is 2.19. The molecule has 9 nitrogen and oxygen atoms in total. The summed E-state index contributed by atoms with van der Waals surface area (Å²) in [6, 6.07) is 8.08. The van der Waals surface area contributed by atoms with Crippen LogP contribution >= 0.6 is 0 Å². The van der Waals surface area contributed by atoms with Crippen LogP contribution in [0.15, 0.2) is 49.1 Å². The SMILES string of the molecule is CCCCC(=O)Nc1cncc(-c2ccc3[nH]nc(-c4nc5c(N6CCCCC6)cncc5[nH]4)c3c2)c1. The highest BCUT2D eigenvalue weighted by Crippen LogP contribution is 2.33. The van der Waals surface area contributed by atoms with Gasteiger partial charge in [0.2, 0.25) is 5.91 Å². The Kier molecular flexibility index (Phi) is 6.26. The minimum absolute atomic E-state index is 0.0108. The number of pyridine rings is 2. The standard InChI is InChI=1S/C28H30N8O/c1-2-3-7-25(37)31-20-12-19(14-29-15-20)18-8-9-22-21(13-18)26(35-34-22)28-32-23-16-30-17-24(27(23)33-28)36-10-5-4-6-11-36/h8-9,12-17H,2-7,10-11H2,1H3,(H,31,37)(H,32,33)(H,34,35).